The first kappa shape index (κ1) is 15.0. The van der Waals surface area contributed by atoms with E-state index in [9.17, 15) is 9.59 Å². The number of aryl methyl sites for hydroxylation is 1. The van der Waals surface area contributed by atoms with Gasteiger partial charge < -0.3 is 10.3 Å². The smallest absolute Gasteiger partial charge is 0.261 e. The molecule has 1 heterocycles. The van der Waals surface area contributed by atoms with Crippen molar-refractivity contribution in [3.05, 3.63) is 63.6 Å². The molecule has 4 nitrogen and oxygen atoms in total. The average Bonchev–Trinajstić information content (AvgIpc) is 2.38. The number of aromatic nitrogens is 1. The van der Waals surface area contributed by atoms with Gasteiger partial charge in [0.05, 0.1) is 0 Å². The summed E-state index contributed by atoms with van der Waals surface area (Å²) < 4.78 is 0. The second-order valence-electron chi connectivity index (χ2n) is 6.15. The Hall–Kier alpha value is -2.36. The third-order valence-electron chi connectivity index (χ3n) is 3.41. The molecule has 0 spiro atoms. The second kappa shape index (κ2) is 5.56. The Morgan fingerprint density at radius 3 is 2.24 bits per heavy atom. The highest BCUT2D eigenvalue weighted by Gasteiger charge is 2.15. The number of H-pyrrole nitrogens is 1. The van der Waals surface area contributed by atoms with E-state index in [1.807, 2.05) is 24.3 Å². The lowest BCUT2D eigenvalue weighted by Crippen LogP contribution is -2.24. The summed E-state index contributed by atoms with van der Waals surface area (Å²) in [7, 11) is 0. The van der Waals surface area contributed by atoms with Crippen LogP contribution in [0.1, 0.15) is 42.3 Å². The van der Waals surface area contributed by atoms with Gasteiger partial charge in [-0.05, 0) is 41.7 Å². The Balaban J connectivity index is 2.23. The molecule has 0 aliphatic heterocycles. The number of carbonyl (C=O) groups is 1. The summed E-state index contributed by atoms with van der Waals surface area (Å²) >= 11 is 0. The Morgan fingerprint density at radius 1 is 1.10 bits per heavy atom. The second-order valence-corrected chi connectivity index (χ2v) is 6.15. The molecular weight excluding hydrogens is 264 g/mol. The number of pyridine rings is 1. The lowest BCUT2D eigenvalue weighted by atomic mass is 9.87. The summed E-state index contributed by atoms with van der Waals surface area (Å²) in [5, 5.41) is 2.76. The maximum absolute atomic E-state index is 12.2. The minimum Gasteiger partial charge on any atom is -0.328 e. The molecule has 1 amide bonds. The highest BCUT2D eigenvalue weighted by Crippen LogP contribution is 2.23. The van der Waals surface area contributed by atoms with Crippen LogP contribution in [-0.4, -0.2) is 10.9 Å². The SMILES string of the molecule is Cc1cc[nH]c(=O)c1C(=O)Nc1ccc(C(C)(C)C)cc1. The number of carbonyl (C=O) groups excluding carboxylic acids is 1. The van der Waals surface area contributed by atoms with Crippen LogP contribution in [0.5, 0.6) is 0 Å². The first-order chi connectivity index (χ1) is 9.79. The predicted molar refractivity (Wildman–Crippen MR) is 84.9 cm³/mol. The van der Waals surface area contributed by atoms with E-state index in [-0.39, 0.29) is 16.5 Å². The number of amides is 1. The van der Waals surface area contributed by atoms with E-state index in [1.54, 1.807) is 13.0 Å². The van der Waals surface area contributed by atoms with Gasteiger partial charge in [0.15, 0.2) is 0 Å². The minimum absolute atomic E-state index is 0.0652. The van der Waals surface area contributed by atoms with Crippen LogP contribution in [0.3, 0.4) is 0 Å². The summed E-state index contributed by atoms with van der Waals surface area (Å²) in [5.41, 5.74) is 2.36. The van der Waals surface area contributed by atoms with Crippen LogP contribution in [0.25, 0.3) is 0 Å². The molecule has 1 aromatic carbocycles. The molecular formula is C17H20N2O2. The lowest BCUT2D eigenvalue weighted by Gasteiger charge is -2.19. The molecule has 110 valence electrons. The molecule has 0 fully saturated rings. The van der Waals surface area contributed by atoms with Gasteiger partial charge in [0.2, 0.25) is 0 Å². The highest BCUT2D eigenvalue weighted by molar-refractivity contribution is 6.04. The van der Waals surface area contributed by atoms with Crippen LogP contribution >= 0.6 is 0 Å². The molecule has 0 atom stereocenters. The Bertz CT molecular complexity index is 707. The molecule has 0 aliphatic rings. The molecule has 0 radical (unpaired) electrons. The van der Waals surface area contributed by atoms with Crippen LogP contribution in [0.2, 0.25) is 0 Å². The molecule has 0 bridgehead atoms. The van der Waals surface area contributed by atoms with Crippen molar-refractivity contribution in [2.75, 3.05) is 5.32 Å². The van der Waals surface area contributed by atoms with E-state index in [0.29, 0.717) is 11.3 Å². The number of nitrogens with one attached hydrogen (secondary N) is 2. The molecule has 0 saturated heterocycles. The average molecular weight is 284 g/mol. The fourth-order valence-electron chi connectivity index (χ4n) is 2.11. The number of hydrogen-bond donors (Lipinski definition) is 2. The van der Waals surface area contributed by atoms with E-state index < -0.39 is 5.91 Å². The lowest BCUT2D eigenvalue weighted by molar-refractivity contribution is 0.102. The standard InChI is InChI=1S/C17H20N2O2/c1-11-9-10-18-15(20)14(11)16(21)19-13-7-5-12(6-8-13)17(2,3)4/h5-10H,1-4H3,(H,18,20)(H,19,21). The summed E-state index contributed by atoms with van der Waals surface area (Å²) in [4.78, 5) is 26.5. The van der Waals surface area contributed by atoms with Crippen LogP contribution in [-0.2, 0) is 5.41 Å². The summed E-state index contributed by atoms with van der Waals surface area (Å²) in [5.74, 6) is -0.391. The van der Waals surface area contributed by atoms with Crippen molar-refractivity contribution in [1.29, 1.82) is 0 Å². The number of hydrogen-bond acceptors (Lipinski definition) is 2. The molecule has 0 saturated carbocycles. The largest absolute Gasteiger partial charge is 0.328 e. The van der Waals surface area contributed by atoms with Crippen molar-refractivity contribution in [3.63, 3.8) is 0 Å². The zero-order valence-corrected chi connectivity index (χ0v) is 12.8. The molecule has 2 aromatic rings. The number of rotatable bonds is 2. The first-order valence-electron chi connectivity index (χ1n) is 6.89. The minimum atomic E-state index is -0.391. The molecule has 1 aromatic heterocycles. The molecule has 21 heavy (non-hydrogen) atoms. The van der Waals surface area contributed by atoms with Gasteiger partial charge in [-0.1, -0.05) is 32.9 Å². The molecule has 2 N–H and O–H groups in total. The molecule has 0 unspecified atom stereocenters. The molecule has 0 aliphatic carbocycles. The van der Waals surface area contributed by atoms with Crippen molar-refractivity contribution in [2.24, 2.45) is 0 Å². The third kappa shape index (κ3) is 3.40. The Labute approximate surface area is 124 Å². The maximum atomic E-state index is 12.2. The van der Waals surface area contributed by atoms with Gasteiger partial charge in [-0.15, -0.1) is 0 Å². The van der Waals surface area contributed by atoms with Gasteiger partial charge >= 0.3 is 0 Å². The van der Waals surface area contributed by atoms with E-state index in [2.05, 4.69) is 31.1 Å². The Kier molecular flexibility index (Phi) is 3.98. The normalized spacial score (nSPS) is 11.2. The third-order valence-corrected chi connectivity index (χ3v) is 3.41. The maximum Gasteiger partial charge on any atom is 0.261 e. The number of anilines is 1. The monoisotopic (exact) mass is 284 g/mol. The fraction of sp³-hybridized carbons (Fsp3) is 0.294. The quantitative estimate of drug-likeness (QED) is 0.889. The van der Waals surface area contributed by atoms with Crippen LogP contribution in [0.15, 0.2) is 41.3 Å². The summed E-state index contributed by atoms with van der Waals surface area (Å²) in [6.07, 6.45) is 1.53. The van der Waals surface area contributed by atoms with Gasteiger partial charge in [-0.3, -0.25) is 9.59 Å². The van der Waals surface area contributed by atoms with E-state index in [1.165, 1.54) is 11.8 Å². The van der Waals surface area contributed by atoms with Crippen molar-refractivity contribution < 1.29 is 4.79 Å². The zero-order valence-electron chi connectivity index (χ0n) is 12.8. The van der Waals surface area contributed by atoms with Crippen molar-refractivity contribution in [1.82, 2.24) is 4.98 Å². The van der Waals surface area contributed by atoms with E-state index in [0.717, 1.165) is 0 Å². The first-order valence-corrected chi connectivity index (χ1v) is 6.89. The van der Waals surface area contributed by atoms with E-state index in [4.69, 9.17) is 0 Å². The molecule has 4 heteroatoms. The van der Waals surface area contributed by atoms with E-state index >= 15 is 0 Å². The summed E-state index contributed by atoms with van der Waals surface area (Å²) in [6, 6.07) is 9.38. The highest BCUT2D eigenvalue weighted by atomic mass is 16.2. The van der Waals surface area contributed by atoms with Crippen molar-refractivity contribution >= 4 is 11.6 Å². The van der Waals surface area contributed by atoms with Gasteiger partial charge in [-0.25, -0.2) is 0 Å². The van der Waals surface area contributed by atoms with Crippen LogP contribution in [0, 0.1) is 6.92 Å². The van der Waals surface area contributed by atoms with Crippen molar-refractivity contribution in [3.8, 4) is 0 Å². The topological polar surface area (TPSA) is 62.0 Å². The number of aromatic amines is 1. The fourth-order valence-corrected chi connectivity index (χ4v) is 2.11. The van der Waals surface area contributed by atoms with Gasteiger partial charge in [-0.2, -0.15) is 0 Å². The van der Waals surface area contributed by atoms with Gasteiger partial charge in [0.25, 0.3) is 11.5 Å². The van der Waals surface area contributed by atoms with Gasteiger partial charge in [0.1, 0.15) is 5.56 Å². The summed E-state index contributed by atoms with van der Waals surface area (Å²) in [6.45, 7) is 8.14. The molecule has 2 rings (SSSR count). The van der Waals surface area contributed by atoms with Crippen LogP contribution < -0.4 is 10.9 Å². The van der Waals surface area contributed by atoms with Crippen LogP contribution in [0.4, 0.5) is 5.69 Å². The zero-order chi connectivity index (χ0) is 15.6. The Morgan fingerprint density at radius 2 is 1.71 bits per heavy atom. The number of benzene rings is 1. The van der Waals surface area contributed by atoms with Crippen molar-refractivity contribution in [2.45, 2.75) is 33.1 Å². The predicted octanol–water partition coefficient (Wildman–Crippen LogP) is 3.23. The van der Waals surface area contributed by atoms with Gasteiger partial charge in [0, 0.05) is 11.9 Å².